The number of aryl methyl sites for hydroxylation is 8. The molecule has 0 saturated carbocycles. The van der Waals surface area contributed by atoms with E-state index in [1.54, 1.807) is 0 Å². The molecule has 0 amide bonds. The second kappa shape index (κ2) is 14.3. The normalized spacial score (nSPS) is 13.9. The first-order valence-corrected chi connectivity index (χ1v) is 25.0. The highest BCUT2D eigenvalue weighted by molar-refractivity contribution is 6.31. The summed E-state index contributed by atoms with van der Waals surface area (Å²) < 4.78 is 5.07. The number of aromatic nitrogens is 2. The molecule has 322 valence electrons. The van der Waals surface area contributed by atoms with Crippen molar-refractivity contribution in [3.63, 3.8) is 0 Å². The third-order valence-corrected chi connectivity index (χ3v) is 16.5. The van der Waals surface area contributed by atoms with Crippen molar-refractivity contribution in [2.75, 3.05) is 0 Å². The van der Waals surface area contributed by atoms with E-state index in [-0.39, 0.29) is 0 Å². The Balaban J connectivity index is 1.23. The van der Waals surface area contributed by atoms with Crippen LogP contribution in [0.4, 0.5) is 5.69 Å². The molecule has 4 heterocycles. The molecule has 7 aromatic carbocycles. The van der Waals surface area contributed by atoms with Crippen LogP contribution in [-0.2, 0) is 64.2 Å². The summed E-state index contributed by atoms with van der Waals surface area (Å²) in [7, 11) is 0. The monoisotopic (exact) mass is 854 g/mol. The maximum Gasteiger partial charge on any atom is 0.192 e. The first-order valence-electron chi connectivity index (χ1n) is 25.0. The van der Waals surface area contributed by atoms with Crippen LogP contribution < -0.4 is 0 Å². The van der Waals surface area contributed by atoms with Crippen LogP contribution in [0.3, 0.4) is 0 Å². The fraction of sp³-hybridized carbons (Fsp3) is 0.290. The van der Waals surface area contributed by atoms with Crippen molar-refractivity contribution in [1.82, 2.24) is 8.80 Å². The first-order chi connectivity index (χ1) is 32.4. The van der Waals surface area contributed by atoms with Gasteiger partial charge >= 0.3 is 0 Å². The van der Waals surface area contributed by atoms with Gasteiger partial charge in [0, 0.05) is 48.6 Å². The van der Waals surface area contributed by atoms with Crippen LogP contribution in [0.25, 0.3) is 103 Å². The molecule has 0 fully saturated rings. The summed E-state index contributed by atoms with van der Waals surface area (Å²) in [4.78, 5) is 4.20. The number of rotatable bonds is 8. The van der Waals surface area contributed by atoms with Gasteiger partial charge in [-0.2, -0.15) is 5.26 Å². The molecule has 11 aromatic rings. The molecule has 0 N–H and O–H groups in total. The molecule has 4 aromatic heterocycles. The second-order valence-corrected chi connectivity index (χ2v) is 19.5. The summed E-state index contributed by atoms with van der Waals surface area (Å²) in [6.07, 6.45) is 12.1. The zero-order valence-corrected chi connectivity index (χ0v) is 39.2. The zero-order valence-electron chi connectivity index (χ0n) is 39.2. The Labute approximate surface area is 386 Å². The van der Waals surface area contributed by atoms with Gasteiger partial charge in [-0.1, -0.05) is 65.8 Å². The standard InChI is InChI=1S/C62H54N4/c1-8-33-20-35(10-3)57(36(11-4)21-33)39-24-48-46-30-54-47(29-53(46)65-55-28-41(32-63)42-16-14-18-44(42)59(55)50(26-39)61(48)65)49-25-40(58-37(12-5)22-34(9-2)23-38(58)13-6)27-51-60-45-19-15-17-43(45)52(64-7)31-56(60)66(54)62(49)51/h20-31H,8-19H2,1-6H3. The Morgan fingerprint density at radius 2 is 0.894 bits per heavy atom. The lowest BCUT2D eigenvalue weighted by molar-refractivity contribution is 0.912. The largest absolute Gasteiger partial charge is 0.309 e. The molecule has 0 aliphatic heterocycles. The Bertz CT molecular complexity index is 3710. The smallest absolute Gasteiger partial charge is 0.192 e. The van der Waals surface area contributed by atoms with Crippen LogP contribution in [0.1, 0.15) is 116 Å². The minimum atomic E-state index is 0.812. The van der Waals surface area contributed by atoms with Crippen molar-refractivity contribution in [2.24, 2.45) is 0 Å². The van der Waals surface area contributed by atoms with Gasteiger partial charge in [0.2, 0.25) is 0 Å². The summed E-state index contributed by atoms with van der Waals surface area (Å²) in [5.74, 6) is 0. The summed E-state index contributed by atoms with van der Waals surface area (Å²) in [6, 6.07) is 31.9. The van der Waals surface area contributed by atoms with Crippen molar-refractivity contribution in [3.05, 3.63) is 145 Å². The van der Waals surface area contributed by atoms with Gasteiger partial charge in [0.15, 0.2) is 5.69 Å². The van der Waals surface area contributed by atoms with Gasteiger partial charge in [0.1, 0.15) is 0 Å². The molecule has 0 atom stereocenters. The van der Waals surface area contributed by atoms with Crippen molar-refractivity contribution < 1.29 is 0 Å². The zero-order chi connectivity index (χ0) is 44.9. The molecule has 0 unspecified atom stereocenters. The molecular weight excluding hydrogens is 801 g/mol. The highest BCUT2D eigenvalue weighted by Crippen LogP contribution is 2.51. The quantitative estimate of drug-likeness (QED) is 0.140. The van der Waals surface area contributed by atoms with Gasteiger partial charge < -0.3 is 8.80 Å². The van der Waals surface area contributed by atoms with E-state index in [0.29, 0.717) is 0 Å². The van der Waals surface area contributed by atoms with E-state index in [2.05, 4.69) is 134 Å². The number of hydrogen-bond acceptors (Lipinski definition) is 1. The minimum Gasteiger partial charge on any atom is -0.309 e. The lowest BCUT2D eigenvalue weighted by Gasteiger charge is -2.17. The molecule has 2 aliphatic carbocycles. The molecule has 0 spiro atoms. The molecule has 13 rings (SSSR count). The average Bonchev–Trinajstić information content (AvgIpc) is 4.23. The Morgan fingerprint density at radius 1 is 0.470 bits per heavy atom. The van der Waals surface area contributed by atoms with Gasteiger partial charge in [0.05, 0.1) is 45.8 Å². The molecule has 66 heavy (non-hydrogen) atoms. The van der Waals surface area contributed by atoms with E-state index in [1.165, 1.54) is 143 Å². The topological polar surface area (TPSA) is 37.0 Å². The highest BCUT2D eigenvalue weighted by Gasteiger charge is 2.30. The van der Waals surface area contributed by atoms with Gasteiger partial charge in [-0.3, -0.25) is 0 Å². The minimum absolute atomic E-state index is 0.812. The van der Waals surface area contributed by atoms with Gasteiger partial charge in [0.25, 0.3) is 0 Å². The SMILES string of the molecule is [C-]#[N+]c1cc2c(c3c1CCC3)c1cc(-c3c(CC)cc(CC)cc3CC)cc3c4cc5c(cc4n2c31)c1cc(-c2c(CC)cc(CC)cc2CC)cc2c3c4c(c(C#N)cc3n5c12)CCC4. The van der Waals surface area contributed by atoms with E-state index in [4.69, 9.17) is 6.57 Å². The molecule has 0 radical (unpaired) electrons. The molecule has 0 bridgehead atoms. The van der Waals surface area contributed by atoms with Crippen LogP contribution >= 0.6 is 0 Å². The Hall–Kier alpha value is -6.88. The third kappa shape index (κ3) is 5.03. The maximum absolute atomic E-state index is 10.7. The van der Waals surface area contributed by atoms with Crippen LogP contribution in [0.5, 0.6) is 0 Å². The average molecular weight is 855 g/mol. The van der Waals surface area contributed by atoms with Gasteiger partial charge in [-0.05, 0) is 203 Å². The van der Waals surface area contributed by atoms with Gasteiger partial charge in [-0.15, -0.1) is 0 Å². The molecule has 4 nitrogen and oxygen atoms in total. The van der Waals surface area contributed by atoms with E-state index >= 15 is 0 Å². The Kier molecular flexibility index (Phi) is 8.56. The molecule has 0 saturated heterocycles. The first kappa shape index (κ1) is 39.5. The Morgan fingerprint density at radius 3 is 1.33 bits per heavy atom. The van der Waals surface area contributed by atoms with Crippen molar-refractivity contribution in [1.29, 1.82) is 5.26 Å². The predicted octanol–water partition coefficient (Wildman–Crippen LogP) is 16.1. The lowest BCUT2D eigenvalue weighted by atomic mass is 9.87. The summed E-state index contributed by atoms with van der Waals surface area (Å²) in [5.41, 5.74) is 28.0. The number of hydrogen-bond donors (Lipinski definition) is 0. The second-order valence-electron chi connectivity index (χ2n) is 19.5. The number of fused-ring (bicyclic) bond motifs is 16. The highest BCUT2D eigenvalue weighted by atomic mass is 14.9. The molecule has 4 heteroatoms. The summed E-state index contributed by atoms with van der Waals surface area (Å²) >= 11 is 0. The van der Waals surface area contributed by atoms with Gasteiger partial charge in [-0.25, -0.2) is 4.85 Å². The van der Waals surface area contributed by atoms with Crippen LogP contribution in [0.15, 0.2) is 72.8 Å². The number of nitriles is 1. The maximum atomic E-state index is 10.7. The number of benzene rings is 7. The van der Waals surface area contributed by atoms with Crippen molar-refractivity contribution in [3.8, 4) is 28.3 Å². The van der Waals surface area contributed by atoms with Crippen molar-refractivity contribution in [2.45, 2.75) is 119 Å². The fourth-order valence-corrected chi connectivity index (χ4v) is 13.6. The van der Waals surface area contributed by atoms with Crippen molar-refractivity contribution >= 4 is 81.9 Å². The molecule has 2 aliphatic rings. The van der Waals surface area contributed by atoms with Crippen LogP contribution in [0.2, 0.25) is 0 Å². The van der Waals surface area contributed by atoms with E-state index in [1.807, 2.05) is 0 Å². The predicted molar refractivity (Wildman–Crippen MR) is 278 cm³/mol. The summed E-state index contributed by atoms with van der Waals surface area (Å²) in [6.45, 7) is 22.2. The molecular formula is C62H54N4. The summed E-state index contributed by atoms with van der Waals surface area (Å²) in [5, 5.41) is 21.0. The van der Waals surface area contributed by atoms with Crippen LogP contribution in [-0.4, -0.2) is 8.80 Å². The van der Waals surface area contributed by atoms with E-state index in [0.717, 1.165) is 99.3 Å². The van der Waals surface area contributed by atoms with E-state index < -0.39 is 0 Å². The van der Waals surface area contributed by atoms with Crippen LogP contribution in [0, 0.1) is 17.9 Å². The number of nitrogens with zero attached hydrogens (tertiary/aromatic N) is 4. The lowest BCUT2D eigenvalue weighted by Crippen LogP contribution is -1.98. The van der Waals surface area contributed by atoms with E-state index in [9.17, 15) is 5.26 Å². The fourth-order valence-electron chi connectivity index (χ4n) is 13.6. The third-order valence-electron chi connectivity index (χ3n) is 16.5.